The molecule has 0 N–H and O–H groups in total. The van der Waals surface area contributed by atoms with Crippen LogP contribution >= 0.6 is 0 Å². The normalized spacial score (nSPS) is 12.7. The summed E-state index contributed by atoms with van der Waals surface area (Å²) < 4.78 is 0. The first-order chi connectivity index (χ1) is 26.9. The highest BCUT2D eigenvalue weighted by Gasteiger charge is 2.37. The summed E-state index contributed by atoms with van der Waals surface area (Å²) in [5.41, 5.74) is 12.8. The number of fused-ring (bicyclic) bond motifs is 5. The van der Waals surface area contributed by atoms with Crippen molar-refractivity contribution in [2.75, 3.05) is 0 Å². The van der Waals surface area contributed by atoms with Crippen LogP contribution in [0.1, 0.15) is 30.5 Å². The van der Waals surface area contributed by atoms with Gasteiger partial charge in [-0.2, -0.15) is 5.26 Å². The lowest BCUT2D eigenvalue weighted by atomic mass is 9.81. The lowest BCUT2D eigenvalue weighted by Crippen LogP contribution is -2.15. The van der Waals surface area contributed by atoms with Gasteiger partial charge in [0, 0.05) is 22.1 Å². The van der Waals surface area contributed by atoms with Gasteiger partial charge in [-0.05, 0) is 96.4 Å². The minimum atomic E-state index is -0.196. The van der Waals surface area contributed by atoms with Crippen LogP contribution in [0, 0.1) is 11.3 Å². The Morgan fingerprint density at radius 2 is 0.945 bits per heavy atom. The molecule has 0 atom stereocenters. The van der Waals surface area contributed by atoms with Crippen LogP contribution in [0.2, 0.25) is 0 Å². The van der Waals surface area contributed by atoms with Crippen LogP contribution in [-0.4, -0.2) is 15.0 Å². The number of aromatic nitrogens is 3. The number of hydrogen-bond acceptors (Lipinski definition) is 4. The molecule has 0 aliphatic heterocycles. The van der Waals surface area contributed by atoms with Gasteiger partial charge in [-0.3, -0.25) is 0 Å². The molecule has 0 saturated heterocycles. The Labute approximate surface area is 320 Å². The molecule has 1 aromatic heterocycles. The Bertz CT molecular complexity index is 2930. The molecule has 9 aromatic rings. The van der Waals surface area contributed by atoms with Crippen molar-refractivity contribution in [1.29, 1.82) is 5.26 Å². The molecule has 0 unspecified atom stereocenters. The van der Waals surface area contributed by atoms with E-state index in [1.54, 1.807) is 0 Å². The fourth-order valence-corrected chi connectivity index (χ4v) is 8.20. The first kappa shape index (κ1) is 32.4. The fourth-order valence-electron chi connectivity index (χ4n) is 8.20. The van der Waals surface area contributed by atoms with Crippen molar-refractivity contribution in [2.45, 2.75) is 19.3 Å². The minimum absolute atomic E-state index is 0.196. The second-order valence-corrected chi connectivity index (χ2v) is 14.8. The average Bonchev–Trinajstić information content (AvgIpc) is 3.48. The van der Waals surface area contributed by atoms with Crippen LogP contribution in [0.4, 0.5) is 0 Å². The van der Waals surface area contributed by atoms with Crippen LogP contribution in [-0.2, 0) is 5.41 Å². The maximum atomic E-state index is 9.63. The lowest BCUT2D eigenvalue weighted by Gasteiger charge is -2.21. The molecule has 1 heterocycles. The van der Waals surface area contributed by atoms with Crippen molar-refractivity contribution in [1.82, 2.24) is 15.0 Å². The second-order valence-electron chi connectivity index (χ2n) is 14.8. The van der Waals surface area contributed by atoms with Gasteiger partial charge < -0.3 is 0 Å². The fraction of sp³-hybridized carbons (Fsp3) is 0.0588. The molecule has 0 bridgehead atoms. The van der Waals surface area contributed by atoms with Crippen molar-refractivity contribution >= 4 is 21.5 Å². The van der Waals surface area contributed by atoms with Gasteiger partial charge in [-0.15, -0.1) is 0 Å². The largest absolute Gasteiger partial charge is 0.208 e. The van der Waals surface area contributed by atoms with E-state index in [1.807, 2.05) is 6.07 Å². The topological polar surface area (TPSA) is 62.5 Å². The third-order valence-corrected chi connectivity index (χ3v) is 11.1. The molecule has 10 rings (SSSR count). The van der Waals surface area contributed by atoms with E-state index in [-0.39, 0.29) is 5.41 Å². The number of nitrogens with zero attached hydrogens (tertiary/aromatic N) is 4. The second kappa shape index (κ2) is 12.7. The van der Waals surface area contributed by atoms with Crippen LogP contribution in [0.5, 0.6) is 0 Å². The van der Waals surface area contributed by atoms with E-state index in [2.05, 4.69) is 184 Å². The van der Waals surface area contributed by atoms with Crippen LogP contribution in [0.25, 0.3) is 89.1 Å². The van der Waals surface area contributed by atoms with E-state index < -0.39 is 0 Å². The monoisotopic (exact) mass is 702 g/mol. The van der Waals surface area contributed by atoms with Gasteiger partial charge in [0.2, 0.25) is 0 Å². The zero-order chi connectivity index (χ0) is 37.1. The Morgan fingerprint density at radius 3 is 1.58 bits per heavy atom. The summed E-state index contributed by atoms with van der Waals surface area (Å²) in [5.74, 6) is 1.90. The first-order valence-corrected chi connectivity index (χ1v) is 18.6. The third-order valence-electron chi connectivity index (χ3n) is 11.1. The zero-order valence-corrected chi connectivity index (χ0v) is 30.5. The maximum absolute atomic E-state index is 9.63. The summed E-state index contributed by atoms with van der Waals surface area (Å²) in [4.78, 5) is 15.2. The summed E-state index contributed by atoms with van der Waals surface area (Å²) in [6.07, 6.45) is 0. The highest BCUT2D eigenvalue weighted by Crippen LogP contribution is 2.52. The molecule has 0 spiro atoms. The maximum Gasteiger partial charge on any atom is 0.164 e. The molecular formula is C51H34N4. The number of rotatable bonds is 5. The van der Waals surface area contributed by atoms with E-state index in [4.69, 9.17) is 15.0 Å². The molecule has 1 aliphatic rings. The van der Waals surface area contributed by atoms with Gasteiger partial charge in [0.15, 0.2) is 17.5 Å². The molecule has 0 saturated carbocycles. The molecule has 4 heteroatoms. The Morgan fingerprint density at radius 1 is 0.400 bits per heavy atom. The van der Waals surface area contributed by atoms with Crippen LogP contribution in [0.3, 0.4) is 0 Å². The summed E-state index contributed by atoms with van der Waals surface area (Å²) in [6.45, 7) is 4.51. The van der Waals surface area contributed by atoms with Crippen molar-refractivity contribution in [3.05, 3.63) is 187 Å². The van der Waals surface area contributed by atoms with E-state index >= 15 is 0 Å². The molecule has 258 valence electrons. The van der Waals surface area contributed by atoms with Gasteiger partial charge in [0.1, 0.15) is 0 Å². The van der Waals surface area contributed by atoms with E-state index in [0.29, 0.717) is 23.0 Å². The van der Waals surface area contributed by atoms with Gasteiger partial charge in [0.05, 0.1) is 11.6 Å². The summed E-state index contributed by atoms with van der Waals surface area (Å²) in [5, 5.41) is 14.3. The number of nitriles is 1. The zero-order valence-electron chi connectivity index (χ0n) is 30.5. The number of benzene rings is 8. The molecule has 1 aliphatic carbocycles. The quantitative estimate of drug-likeness (QED) is 0.179. The van der Waals surface area contributed by atoms with Gasteiger partial charge >= 0.3 is 0 Å². The van der Waals surface area contributed by atoms with E-state index in [9.17, 15) is 5.26 Å². The van der Waals surface area contributed by atoms with E-state index in [0.717, 1.165) is 44.2 Å². The van der Waals surface area contributed by atoms with E-state index in [1.165, 1.54) is 38.6 Å². The van der Waals surface area contributed by atoms with Crippen molar-refractivity contribution in [2.24, 2.45) is 0 Å². The molecule has 0 radical (unpaired) electrons. The summed E-state index contributed by atoms with van der Waals surface area (Å²) in [6, 6.07) is 61.8. The Balaban J connectivity index is 1.04. The SMILES string of the molecule is CC1(C)c2cc(C#N)ccc2-c2c(-c3cccc(-c4ccc(-c5nc(-c6ccc7ccccc7c6)nc(-c6ccc7ccccc7c6)n5)cc4)c3)cccc21. The van der Waals surface area contributed by atoms with Gasteiger partial charge in [0.25, 0.3) is 0 Å². The van der Waals surface area contributed by atoms with Crippen molar-refractivity contribution in [3.8, 4) is 73.6 Å². The van der Waals surface area contributed by atoms with Gasteiger partial charge in [-0.1, -0.05) is 153 Å². The molecule has 4 nitrogen and oxygen atoms in total. The highest BCUT2D eigenvalue weighted by atomic mass is 15.0. The standard InChI is InChI=1S/C51H34N4/c1-51(2)45-16-8-15-43(47(45)44-26-17-32(31-52)27-46(44)51)40-14-7-13-39(28-40)35-18-22-36(23-19-35)48-53-49(41-24-20-33-9-3-5-11-37(33)29-41)55-50(54-48)42-25-21-34-10-4-6-12-38(34)30-42/h3-30H,1-2H3. The third kappa shape index (κ3) is 5.57. The smallest absolute Gasteiger partial charge is 0.164 e. The van der Waals surface area contributed by atoms with Crippen molar-refractivity contribution in [3.63, 3.8) is 0 Å². The summed E-state index contributed by atoms with van der Waals surface area (Å²) >= 11 is 0. The predicted octanol–water partition coefficient (Wildman–Crippen LogP) is 12.7. The molecule has 0 amide bonds. The van der Waals surface area contributed by atoms with Crippen LogP contribution < -0.4 is 0 Å². The Kier molecular flexibility index (Phi) is 7.50. The number of hydrogen-bond donors (Lipinski definition) is 0. The highest BCUT2D eigenvalue weighted by molar-refractivity contribution is 5.94. The first-order valence-electron chi connectivity index (χ1n) is 18.6. The lowest BCUT2D eigenvalue weighted by molar-refractivity contribution is 0.660. The molecule has 55 heavy (non-hydrogen) atoms. The predicted molar refractivity (Wildman–Crippen MR) is 224 cm³/mol. The molecule has 8 aromatic carbocycles. The molecular weight excluding hydrogens is 669 g/mol. The summed E-state index contributed by atoms with van der Waals surface area (Å²) in [7, 11) is 0. The van der Waals surface area contributed by atoms with Crippen LogP contribution in [0.15, 0.2) is 170 Å². The Hall–Kier alpha value is -7.22. The van der Waals surface area contributed by atoms with Gasteiger partial charge in [-0.25, -0.2) is 15.0 Å². The van der Waals surface area contributed by atoms with Crippen molar-refractivity contribution < 1.29 is 0 Å². The minimum Gasteiger partial charge on any atom is -0.208 e. The molecule has 0 fully saturated rings. The average molecular weight is 703 g/mol.